The number of hydrogen-bond donors (Lipinski definition) is 3. The largest absolute Gasteiger partial charge is 0.508 e. The Balaban J connectivity index is 1.33. The monoisotopic (exact) mass is 524 g/mol. The molecule has 5 rings (SSSR count). The Morgan fingerprint density at radius 2 is 2.14 bits per heavy atom. The average molecular weight is 525 g/mol. The molecule has 2 saturated carbocycles. The van der Waals surface area contributed by atoms with E-state index >= 15 is 0 Å². The molecule has 7 heteroatoms. The van der Waals surface area contributed by atoms with Gasteiger partial charge in [-0.05, 0) is 131 Å². The summed E-state index contributed by atoms with van der Waals surface area (Å²) < 4.78 is 0. The molecule has 2 fully saturated rings. The number of thiazole rings is 1. The fraction of sp³-hybridized carbons (Fsp3) is 0.667. The molecule has 6 unspecified atom stereocenters. The highest BCUT2D eigenvalue weighted by atomic mass is 32.1. The normalized spacial score (nSPS) is 30.6. The van der Waals surface area contributed by atoms with Crippen molar-refractivity contribution in [3.63, 3.8) is 0 Å². The molecule has 3 aliphatic carbocycles. The molecule has 0 radical (unpaired) electrons. The molecular weight excluding hydrogens is 480 g/mol. The fourth-order valence-electron chi connectivity index (χ4n) is 8.06. The smallest absolute Gasteiger partial charge is 0.226 e. The zero-order valence-electron chi connectivity index (χ0n) is 22.9. The van der Waals surface area contributed by atoms with E-state index < -0.39 is 0 Å². The van der Waals surface area contributed by atoms with E-state index in [-0.39, 0.29) is 11.3 Å². The third kappa shape index (κ3) is 5.59. The molecule has 6 nitrogen and oxygen atoms in total. The minimum absolute atomic E-state index is 0.0928. The van der Waals surface area contributed by atoms with Gasteiger partial charge in [0.15, 0.2) is 5.13 Å². The number of hydrogen-bond acceptors (Lipinski definition) is 6. The first-order valence-corrected chi connectivity index (χ1v) is 15.0. The van der Waals surface area contributed by atoms with Crippen LogP contribution in [0.2, 0.25) is 0 Å². The Kier molecular flexibility index (Phi) is 7.94. The highest BCUT2D eigenvalue weighted by molar-refractivity contribution is 7.15. The molecule has 0 bridgehead atoms. The summed E-state index contributed by atoms with van der Waals surface area (Å²) in [6.07, 6.45) is 10.3. The van der Waals surface area contributed by atoms with Crippen LogP contribution in [0.25, 0.3) is 0 Å². The Bertz CT molecular complexity index is 1100. The summed E-state index contributed by atoms with van der Waals surface area (Å²) in [5.41, 5.74) is 3.08. The number of fused-ring (bicyclic) bond motifs is 5. The zero-order chi connectivity index (χ0) is 26.2. The number of anilines is 1. The predicted octanol–water partition coefficient (Wildman–Crippen LogP) is 5.57. The first kappa shape index (κ1) is 26.6. The van der Waals surface area contributed by atoms with Crippen LogP contribution in [0.5, 0.6) is 5.75 Å². The number of nitrogens with one attached hydrogen (secondary N) is 2. The molecule has 1 amide bonds. The number of phenolic OH excluding ortho intramolecular Hbond substituents is 1. The van der Waals surface area contributed by atoms with Crippen LogP contribution >= 0.6 is 11.3 Å². The van der Waals surface area contributed by atoms with Crippen molar-refractivity contribution in [1.82, 2.24) is 15.2 Å². The van der Waals surface area contributed by atoms with Crippen molar-refractivity contribution in [3.8, 4) is 5.75 Å². The molecule has 1 aromatic heterocycles. The first-order valence-electron chi connectivity index (χ1n) is 14.2. The number of carbonyl (C=O) groups is 1. The van der Waals surface area contributed by atoms with Gasteiger partial charge in [0.05, 0.1) is 0 Å². The lowest BCUT2D eigenvalue weighted by atomic mass is 9.53. The first-order chi connectivity index (χ1) is 17.7. The molecule has 0 aliphatic heterocycles. The minimum atomic E-state index is 0.0928. The summed E-state index contributed by atoms with van der Waals surface area (Å²) in [5.74, 6) is 2.87. The van der Waals surface area contributed by atoms with Crippen LogP contribution in [0.15, 0.2) is 24.4 Å². The molecule has 0 spiro atoms. The number of benzene rings is 1. The maximum atomic E-state index is 12.9. The maximum absolute atomic E-state index is 12.9. The molecule has 3 aliphatic rings. The van der Waals surface area contributed by atoms with E-state index in [4.69, 9.17) is 0 Å². The van der Waals surface area contributed by atoms with Gasteiger partial charge in [-0.25, -0.2) is 4.98 Å². The van der Waals surface area contributed by atoms with Crippen molar-refractivity contribution < 1.29 is 9.90 Å². The molecule has 1 aromatic carbocycles. The van der Waals surface area contributed by atoms with Crippen LogP contribution in [-0.4, -0.2) is 54.1 Å². The van der Waals surface area contributed by atoms with Crippen molar-refractivity contribution in [2.45, 2.75) is 77.2 Å². The number of rotatable bonds is 9. The number of aryl methyl sites for hydroxylation is 2. The minimum Gasteiger partial charge on any atom is -0.508 e. The van der Waals surface area contributed by atoms with Gasteiger partial charge in [0.2, 0.25) is 5.91 Å². The van der Waals surface area contributed by atoms with E-state index in [1.54, 1.807) is 11.3 Å². The summed E-state index contributed by atoms with van der Waals surface area (Å²) in [4.78, 5) is 20.6. The second-order valence-electron chi connectivity index (χ2n) is 12.3. The van der Waals surface area contributed by atoms with Gasteiger partial charge in [0.25, 0.3) is 0 Å². The van der Waals surface area contributed by atoms with Gasteiger partial charge in [0, 0.05) is 23.5 Å². The van der Waals surface area contributed by atoms with E-state index in [0.717, 1.165) is 37.2 Å². The van der Waals surface area contributed by atoms with Crippen molar-refractivity contribution in [2.24, 2.45) is 23.2 Å². The summed E-state index contributed by atoms with van der Waals surface area (Å²) in [7, 11) is 4.28. The topological polar surface area (TPSA) is 77.5 Å². The van der Waals surface area contributed by atoms with Crippen molar-refractivity contribution in [3.05, 3.63) is 40.4 Å². The van der Waals surface area contributed by atoms with Crippen molar-refractivity contribution in [2.75, 3.05) is 32.5 Å². The molecule has 1 heterocycles. The van der Waals surface area contributed by atoms with Crippen molar-refractivity contribution >= 4 is 22.4 Å². The number of phenols is 1. The van der Waals surface area contributed by atoms with Gasteiger partial charge in [-0.1, -0.05) is 13.0 Å². The highest BCUT2D eigenvalue weighted by Gasteiger charge is 2.58. The van der Waals surface area contributed by atoms with E-state index in [0.29, 0.717) is 47.0 Å². The lowest BCUT2D eigenvalue weighted by Crippen LogP contribution is -2.49. The molecule has 2 aromatic rings. The van der Waals surface area contributed by atoms with Gasteiger partial charge in [-0.2, -0.15) is 0 Å². The summed E-state index contributed by atoms with van der Waals surface area (Å²) in [5, 5.41) is 17.8. The molecule has 202 valence electrons. The van der Waals surface area contributed by atoms with Gasteiger partial charge in [0.1, 0.15) is 5.75 Å². The zero-order valence-corrected chi connectivity index (χ0v) is 23.7. The second kappa shape index (κ2) is 11.0. The van der Waals surface area contributed by atoms with E-state index in [9.17, 15) is 9.90 Å². The molecule has 37 heavy (non-hydrogen) atoms. The lowest BCUT2D eigenvalue weighted by Gasteiger charge is -2.52. The van der Waals surface area contributed by atoms with E-state index in [2.05, 4.69) is 47.6 Å². The van der Waals surface area contributed by atoms with Crippen LogP contribution in [0.3, 0.4) is 0 Å². The number of amides is 1. The Labute approximate surface area is 226 Å². The van der Waals surface area contributed by atoms with Crippen LogP contribution in [0.4, 0.5) is 5.13 Å². The van der Waals surface area contributed by atoms with Crippen LogP contribution in [-0.2, 0) is 11.2 Å². The maximum Gasteiger partial charge on any atom is 0.226 e. The van der Waals surface area contributed by atoms with Gasteiger partial charge < -0.3 is 20.6 Å². The van der Waals surface area contributed by atoms with Crippen LogP contribution < -0.4 is 10.6 Å². The summed E-state index contributed by atoms with van der Waals surface area (Å²) >= 11 is 1.54. The number of carbonyl (C=O) groups excluding carboxylic acids is 1. The Hall–Kier alpha value is -1.96. The third-order valence-corrected chi connectivity index (χ3v) is 10.5. The van der Waals surface area contributed by atoms with E-state index in [1.807, 2.05) is 25.3 Å². The van der Waals surface area contributed by atoms with Gasteiger partial charge >= 0.3 is 0 Å². The predicted molar refractivity (Wildman–Crippen MR) is 151 cm³/mol. The Morgan fingerprint density at radius 1 is 1.30 bits per heavy atom. The number of nitrogens with zero attached hydrogens (tertiary/aromatic N) is 2. The molecule has 3 N–H and O–H groups in total. The van der Waals surface area contributed by atoms with Crippen molar-refractivity contribution in [1.29, 1.82) is 0 Å². The molecule has 0 saturated heterocycles. The van der Waals surface area contributed by atoms with E-state index in [1.165, 1.54) is 36.8 Å². The molecular formula is C30H44N4O2S. The fourth-order valence-corrected chi connectivity index (χ4v) is 8.74. The number of aromatic hydroxyl groups is 1. The average Bonchev–Trinajstić information content (AvgIpc) is 3.39. The SMILES string of the molecule is Cc1cnc(NC(=O)CCC2CC(NCCCN(C)C)C3(C)CCC4c5ccc(O)cc5CCC4C23)s1. The van der Waals surface area contributed by atoms with Gasteiger partial charge in [-0.3, -0.25) is 4.79 Å². The summed E-state index contributed by atoms with van der Waals surface area (Å²) in [6.45, 7) is 6.72. The Morgan fingerprint density at radius 3 is 2.89 bits per heavy atom. The van der Waals surface area contributed by atoms with Crippen LogP contribution in [0, 0.1) is 30.1 Å². The lowest BCUT2D eigenvalue weighted by molar-refractivity contribution is -0.116. The quantitative estimate of drug-likeness (QED) is 0.374. The summed E-state index contributed by atoms with van der Waals surface area (Å²) in [6, 6.07) is 6.57. The standard InChI is InChI=1S/C30H44N4O2S/c1-19-18-32-29(37-19)33-27(36)11-7-21-17-26(31-14-5-15-34(3)4)30(2)13-12-24-23-10-8-22(35)16-20(23)6-9-25(24)28(21)30/h8,10,16,18,21,24-26,28,31,35H,5-7,9,11-15,17H2,1-4H3,(H,32,33,36). The van der Waals surface area contributed by atoms with Crippen LogP contribution in [0.1, 0.15) is 73.8 Å². The second-order valence-corrected chi connectivity index (χ2v) is 13.5. The number of aromatic nitrogens is 1. The highest BCUT2D eigenvalue weighted by Crippen LogP contribution is 2.63. The third-order valence-electron chi connectivity index (χ3n) is 9.63. The molecule has 6 atom stereocenters. The van der Waals surface area contributed by atoms with Gasteiger partial charge in [-0.15, -0.1) is 11.3 Å².